The van der Waals surface area contributed by atoms with Crippen LogP contribution >= 0.6 is 0 Å². The van der Waals surface area contributed by atoms with Crippen molar-refractivity contribution in [1.29, 1.82) is 0 Å². The van der Waals surface area contributed by atoms with Crippen LogP contribution in [0.1, 0.15) is 12.5 Å². The zero-order valence-corrected chi connectivity index (χ0v) is 13.1. The number of anilines is 1. The third kappa shape index (κ3) is 4.26. The minimum atomic E-state index is -1.24. The molecule has 128 valence electrons. The number of nitrogens with one attached hydrogen (secondary N) is 3. The fourth-order valence-electron chi connectivity index (χ4n) is 1.99. The first-order valence-corrected chi connectivity index (χ1v) is 6.97. The van der Waals surface area contributed by atoms with E-state index in [-0.39, 0.29) is 17.1 Å². The van der Waals surface area contributed by atoms with Gasteiger partial charge in [-0.15, -0.1) is 0 Å². The number of rotatable bonds is 6. The molecule has 2 unspecified atom stereocenters. The number of methoxy groups -OCH3 is 1. The lowest BCUT2D eigenvalue weighted by atomic mass is 10.1. The van der Waals surface area contributed by atoms with Crippen molar-refractivity contribution < 1.29 is 25.6 Å². The Labute approximate surface area is 138 Å². The highest BCUT2D eigenvalue weighted by atomic mass is 16.8. The molecule has 0 aliphatic carbocycles. The molecule has 24 heavy (non-hydrogen) atoms. The molecule has 0 aliphatic rings. The zero-order valence-electron chi connectivity index (χ0n) is 13.1. The smallest absolute Gasteiger partial charge is 0.195 e. The van der Waals surface area contributed by atoms with Crippen LogP contribution in [0.15, 0.2) is 47.6 Å². The van der Waals surface area contributed by atoms with Crippen LogP contribution in [-0.4, -0.2) is 23.2 Å². The minimum absolute atomic E-state index is 0.103. The van der Waals surface area contributed by atoms with E-state index in [2.05, 4.69) is 10.5 Å². The Morgan fingerprint density at radius 1 is 1.08 bits per heavy atom. The quantitative estimate of drug-likeness (QED) is 0.383. The van der Waals surface area contributed by atoms with E-state index in [0.29, 0.717) is 5.71 Å². The fourth-order valence-corrected chi connectivity index (χ4v) is 1.99. The standard InChI is InChI=1S/C15H18N4O5/c1-10(11-3-6-13(24-2)7-4-11)16-17-14-8-5-12(18(20)21)9-15(14)19(22)23/h3-9,17-20,22H,1-2H3/b16-10+. The van der Waals surface area contributed by atoms with Gasteiger partial charge in [-0.2, -0.15) is 15.6 Å². The maximum Gasteiger partial charge on any atom is 0.195 e. The van der Waals surface area contributed by atoms with Crippen molar-refractivity contribution in [2.75, 3.05) is 12.5 Å². The van der Waals surface area contributed by atoms with E-state index in [4.69, 9.17) is 9.94 Å². The fraction of sp³-hybridized carbons (Fsp3) is 0.133. The van der Waals surface area contributed by atoms with Gasteiger partial charge in [-0.05, 0) is 42.8 Å². The van der Waals surface area contributed by atoms with E-state index in [1.807, 2.05) is 12.1 Å². The van der Waals surface area contributed by atoms with Gasteiger partial charge in [-0.1, -0.05) is 0 Å². The summed E-state index contributed by atoms with van der Waals surface area (Å²) in [6.45, 7) is 1.76. The average molecular weight is 334 g/mol. The third-order valence-corrected chi connectivity index (χ3v) is 3.35. The molecule has 0 heterocycles. The van der Waals surface area contributed by atoms with Crippen molar-refractivity contribution in [2.45, 2.75) is 6.92 Å². The Morgan fingerprint density at radius 3 is 2.29 bits per heavy atom. The van der Waals surface area contributed by atoms with Crippen LogP contribution in [0.3, 0.4) is 0 Å². The predicted octanol–water partition coefficient (Wildman–Crippen LogP) is 0.338. The molecule has 0 saturated carbocycles. The van der Waals surface area contributed by atoms with Crippen LogP contribution in [0, 0.1) is 10.4 Å². The molecule has 2 atom stereocenters. The van der Waals surface area contributed by atoms with Gasteiger partial charge in [0.15, 0.2) is 11.4 Å². The van der Waals surface area contributed by atoms with Gasteiger partial charge in [0.25, 0.3) is 0 Å². The maximum absolute atomic E-state index is 11.3. The average Bonchev–Trinajstić information content (AvgIpc) is 2.59. The first-order valence-electron chi connectivity index (χ1n) is 6.97. The highest BCUT2D eigenvalue weighted by molar-refractivity contribution is 5.99. The number of hydrogen-bond acceptors (Lipinski definition) is 7. The van der Waals surface area contributed by atoms with Crippen molar-refractivity contribution in [1.82, 2.24) is 0 Å². The van der Waals surface area contributed by atoms with Crippen LogP contribution in [0.25, 0.3) is 0 Å². The lowest BCUT2D eigenvalue weighted by Gasteiger charge is -2.18. The van der Waals surface area contributed by atoms with Gasteiger partial charge in [0.05, 0.1) is 18.9 Å². The van der Waals surface area contributed by atoms with Gasteiger partial charge in [0.2, 0.25) is 0 Å². The van der Waals surface area contributed by atoms with E-state index in [9.17, 15) is 15.6 Å². The van der Waals surface area contributed by atoms with Crippen LogP contribution in [0.5, 0.6) is 5.75 Å². The third-order valence-electron chi connectivity index (χ3n) is 3.35. The molecule has 0 spiro atoms. The van der Waals surface area contributed by atoms with E-state index in [1.54, 1.807) is 26.2 Å². The second-order valence-corrected chi connectivity index (χ2v) is 4.91. The van der Waals surface area contributed by atoms with Gasteiger partial charge in [0, 0.05) is 6.07 Å². The van der Waals surface area contributed by atoms with Gasteiger partial charge in [-0.3, -0.25) is 5.43 Å². The highest BCUT2D eigenvalue weighted by Gasteiger charge is 2.13. The summed E-state index contributed by atoms with van der Waals surface area (Å²) < 4.78 is 5.08. The Balaban J connectivity index is 2.23. The van der Waals surface area contributed by atoms with Gasteiger partial charge < -0.3 is 15.2 Å². The van der Waals surface area contributed by atoms with Crippen molar-refractivity contribution >= 4 is 22.8 Å². The predicted molar refractivity (Wildman–Crippen MR) is 86.8 cm³/mol. The molecular weight excluding hydrogens is 316 g/mol. The summed E-state index contributed by atoms with van der Waals surface area (Å²) in [6.07, 6.45) is 0. The van der Waals surface area contributed by atoms with E-state index < -0.39 is 10.5 Å². The van der Waals surface area contributed by atoms with Crippen molar-refractivity contribution in [3.63, 3.8) is 0 Å². The Bertz CT molecular complexity index is 716. The molecule has 9 nitrogen and oxygen atoms in total. The number of hydrazone groups is 1. The van der Waals surface area contributed by atoms with Gasteiger partial charge in [0.1, 0.15) is 11.4 Å². The van der Waals surface area contributed by atoms with Crippen LogP contribution in [0.4, 0.5) is 17.1 Å². The van der Waals surface area contributed by atoms with Gasteiger partial charge >= 0.3 is 0 Å². The highest BCUT2D eigenvalue weighted by Crippen LogP contribution is 2.21. The Hall–Kier alpha value is -2.53. The van der Waals surface area contributed by atoms with Crippen molar-refractivity contribution in [3.8, 4) is 5.75 Å². The molecule has 0 amide bonds. The van der Waals surface area contributed by atoms with Crippen LogP contribution in [-0.2, 0) is 0 Å². The van der Waals surface area contributed by atoms with Crippen LogP contribution < -0.4 is 20.6 Å². The number of quaternary nitrogens is 2. The summed E-state index contributed by atoms with van der Waals surface area (Å²) in [5.41, 5.74) is 4.08. The Morgan fingerprint density at radius 2 is 1.75 bits per heavy atom. The molecule has 2 aromatic rings. The molecule has 0 fully saturated rings. The Kier molecular flexibility index (Phi) is 5.82. The second-order valence-electron chi connectivity index (χ2n) is 4.91. The van der Waals surface area contributed by atoms with Crippen molar-refractivity contribution in [3.05, 3.63) is 58.4 Å². The lowest BCUT2D eigenvalue weighted by Crippen LogP contribution is -3.00. The monoisotopic (exact) mass is 334 g/mol. The molecule has 2 aromatic carbocycles. The number of benzene rings is 2. The second kappa shape index (κ2) is 7.84. The van der Waals surface area contributed by atoms with Crippen molar-refractivity contribution in [2.24, 2.45) is 5.10 Å². The summed E-state index contributed by atoms with van der Waals surface area (Å²) in [6, 6.07) is 11.0. The van der Waals surface area contributed by atoms with E-state index >= 15 is 0 Å². The molecule has 5 N–H and O–H groups in total. The molecule has 9 heteroatoms. The molecule has 0 saturated heterocycles. The molecule has 0 aliphatic heterocycles. The largest absolute Gasteiger partial charge is 0.595 e. The van der Waals surface area contributed by atoms with E-state index in [0.717, 1.165) is 17.4 Å². The van der Waals surface area contributed by atoms with Crippen LogP contribution in [0.2, 0.25) is 0 Å². The zero-order chi connectivity index (χ0) is 17.7. The topological polar surface area (TPSA) is 129 Å². The normalized spacial score (nSPS) is 14.2. The van der Waals surface area contributed by atoms with E-state index in [1.165, 1.54) is 12.1 Å². The SMILES string of the molecule is COc1ccc(/C(C)=N/Nc2ccc([NH+]([O-])O)cc2[NH+]([O-])O)cc1. The molecule has 2 rings (SSSR count). The summed E-state index contributed by atoms with van der Waals surface area (Å²) in [4.78, 5) is 0. The molecule has 0 bridgehead atoms. The first kappa shape index (κ1) is 17.8. The molecular formula is C15H18N4O5. The number of nitrogens with zero attached hydrogens (tertiary/aromatic N) is 1. The summed E-state index contributed by atoms with van der Waals surface area (Å²) in [7, 11) is 1.58. The summed E-state index contributed by atoms with van der Waals surface area (Å²) in [5, 5.41) is 42.1. The maximum atomic E-state index is 11.3. The van der Waals surface area contributed by atoms with Gasteiger partial charge in [-0.25, -0.2) is 10.4 Å². The number of ether oxygens (including phenoxy) is 1. The molecule has 0 aromatic heterocycles. The lowest BCUT2D eigenvalue weighted by molar-refractivity contribution is -0.996. The number of hydrogen-bond donors (Lipinski definition) is 5. The first-order chi connectivity index (χ1) is 11.4. The summed E-state index contributed by atoms with van der Waals surface area (Å²) in [5.74, 6) is 0.719. The minimum Gasteiger partial charge on any atom is -0.595 e. The summed E-state index contributed by atoms with van der Waals surface area (Å²) >= 11 is 0. The molecule has 0 radical (unpaired) electrons.